The number of hydrogen-bond acceptors (Lipinski definition) is 5. The van der Waals surface area contributed by atoms with Crippen LogP contribution in [0, 0.1) is 5.82 Å². The van der Waals surface area contributed by atoms with Gasteiger partial charge in [-0.05, 0) is 36.4 Å². The van der Waals surface area contributed by atoms with E-state index in [1.54, 1.807) is 18.2 Å². The van der Waals surface area contributed by atoms with E-state index in [0.717, 1.165) is 6.92 Å². The Hall–Kier alpha value is -2.54. The van der Waals surface area contributed by atoms with Crippen LogP contribution >= 0.6 is 0 Å². The molecule has 2 aromatic rings. The lowest BCUT2D eigenvalue weighted by molar-refractivity contribution is -0.110. The van der Waals surface area contributed by atoms with Gasteiger partial charge in [-0.3, -0.25) is 10.2 Å². The summed E-state index contributed by atoms with van der Waals surface area (Å²) in [4.78, 5) is 11.6. The topological polar surface area (TPSA) is 75.6 Å². The van der Waals surface area contributed by atoms with E-state index in [-0.39, 0.29) is 4.90 Å². The van der Waals surface area contributed by atoms with Crippen LogP contribution in [0.15, 0.2) is 64.6 Å². The maximum absolute atomic E-state index is 12.8. The second kappa shape index (κ2) is 6.48. The molecule has 2 rings (SSSR count). The van der Waals surface area contributed by atoms with Gasteiger partial charge in [-0.2, -0.15) is 5.10 Å². The maximum atomic E-state index is 12.8. The van der Waals surface area contributed by atoms with Gasteiger partial charge < -0.3 is 0 Å². The summed E-state index contributed by atoms with van der Waals surface area (Å²) in [7, 11) is -4.01. The number of halogens is 1. The quantitative estimate of drug-likeness (QED) is 0.534. The molecule has 0 heterocycles. The minimum Gasteiger partial charge on any atom is -0.292 e. The van der Waals surface area contributed by atoms with Gasteiger partial charge in [-0.1, -0.05) is 18.2 Å². The summed E-state index contributed by atoms with van der Waals surface area (Å²) < 4.78 is 37.6. The summed E-state index contributed by atoms with van der Waals surface area (Å²) in [5, 5.41) is 3.07. The SMILES string of the molecule is CC(=O)/C(=N\Nc1ccc(F)cc1)S(=O)(=O)c1ccccc1. The molecule has 0 saturated carbocycles. The summed E-state index contributed by atoms with van der Waals surface area (Å²) >= 11 is 0. The first kappa shape index (κ1) is 15.8. The van der Waals surface area contributed by atoms with Crippen molar-refractivity contribution < 1.29 is 17.6 Å². The standard InChI is InChI=1S/C15H13FN2O3S/c1-11(19)15(18-17-13-9-7-12(16)8-10-13)22(20,21)14-5-3-2-4-6-14/h2-10,17H,1H3/b18-15+. The van der Waals surface area contributed by atoms with Crippen LogP contribution in [0.4, 0.5) is 10.1 Å². The number of Topliss-reactive ketones (excluding diaryl/α,β-unsaturated/α-hetero) is 1. The highest BCUT2D eigenvalue weighted by atomic mass is 32.2. The summed E-state index contributed by atoms with van der Waals surface area (Å²) in [6.45, 7) is 1.12. The predicted molar refractivity (Wildman–Crippen MR) is 81.8 cm³/mol. The van der Waals surface area contributed by atoms with Crippen LogP contribution < -0.4 is 5.43 Å². The largest absolute Gasteiger partial charge is 0.292 e. The molecule has 0 aliphatic heterocycles. The van der Waals surface area contributed by atoms with Crippen molar-refractivity contribution in [2.24, 2.45) is 5.10 Å². The Balaban J connectivity index is 2.36. The highest BCUT2D eigenvalue weighted by Gasteiger charge is 2.26. The van der Waals surface area contributed by atoms with E-state index in [9.17, 15) is 17.6 Å². The molecule has 0 aliphatic rings. The van der Waals surface area contributed by atoms with Crippen molar-refractivity contribution in [3.8, 4) is 0 Å². The van der Waals surface area contributed by atoms with E-state index >= 15 is 0 Å². The molecule has 0 aromatic heterocycles. The van der Waals surface area contributed by atoms with Crippen LogP contribution in [0.3, 0.4) is 0 Å². The molecule has 7 heteroatoms. The van der Waals surface area contributed by atoms with Crippen molar-refractivity contribution in [2.75, 3.05) is 5.43 Å². The van der Waals surface area contributed by atoms with Gasteiger partial charge in [0, 0.05) is 6.92 Å². The van der Waals surface area contributed by atoms with Crippen LogP contribution in [-0.2, 0) is 14.6 Å². The molecule has 0 bridgehead atoms. The van der Waals surface area contributed by atoms with Gasteiger partial charge >= 0.3 is 0 Å². The van der Waals surface area contributed by atoms with Crippen LogP contribution in [0.25, 0.3) is 0 Å². The molecule has 0 spiro atoms. The number of hydrazone groups is 1. The number of carbonyl (C=O) groups excluding carboxylic acids is 1. The number of carbonyl (C=O) groups is 1. The zero-order valence-electron chi connectivity index (χ0n) is 11.7. The molecule has 1 N–H and O–H groups in total. The first-order valence-electron chi connectivity index (χ1n) is 6.31. The predicted octanol–water partition coefficient (Wildman–Crippen LogP) is 2.61. The number of benzene rings is 2. The molecule has 0 saturated heterocycles. The van der Waals surface area contributed by atoms with Gasteiger partial charge in [0.2, 0.25) is 14.9 Å². The summed E-state index contributed by atoms with van der Waals surface area (Å²) in [6, 6.07) is 12.7. The lowest BCUT2D eigenvalue weighted by Gasteiger charge is -2.06. The van der Waals surface area contributed by atoms with Gasteiger partial charge in [0.15, 0.2) is 5.78 Å². The molecular formula is C15H13FN2O3S. The second-order valence-electron chi connectivity index (χ2n) is 4.41. The van der Waals surface area contributed by atoms with Crippen molar-refractivity contribution in [1.82, 2.24) is 0 Å². The Morgan fingerprint density at radius 2 is 1.64 bits per heavy atom. The Labute approximate surface area is 127 Å². The fourth-order valence-corrected chi connectivity index (χ4v) is 2.96. The fraction of sp³-hybridized carbons (Fsp3) is 0.0667. The summed E-state index contributed by atoms with van der Waals surface area (Å²) in [5.74, 6) is -1.13. The first-order valence-corrected chi connectivity index (χ1v) is 7.80. The van der Waals surface area contributed by atoms with Gasteiger partial charge in [0.25, 0.3) is 0 Å². The van der Waals surface area contributed by atoms with Crippen LogP contribution in [0.2, 0.25) is 0 Å². The van der Waals surface area contributed by atoms with Gasteiger partial charge in [0.05, 0.1) is 10.6 Å². The minimum atomic E-state index is -4.01. The van der Waals surface area contributed by atoms with E-state index in [1.807, 2.05) is 0 Å². The smallest absolute Gasteiger partial charge is 0.229 e. The zero-order valence-corrected chi connectivity index (χ0v) is 12.5. The van der Waals surface area contributed by atoms with Crippen molar-refractivity contribution in [3.63, 3.8) is 0 Å². The average molecular weight is 320 g/mol. The third-order valence-corrected chi connectivity index (χ3v) is 4.52. The Kier molecular flexibility index (Phi) is 4.67. The molecule has 0 radical (unpaired) electrons. The second-order valence-corrected chi connectivity index (χ2v) is 6.27. The minimum absolute atomic E-state index is 0.0233. The molecule has 0 atom stereocenters. The first-order chi connectivity index (χ1) is 10.4. The van der Waals surface area contributed by atoms with E-state index in [2.05, 4.69) is 10.5 Å². The van der Waals surface area contributed by atoms with Gasteiger partial charge in [-0.15, -0.1) is 0 Å². The molecule has 2 aromatic carbocycles. The van der Waals surface area contributed by atoms with Crippen LogP contribution in [-0.4, -0.2) is 19.2 Å². The molecule has 114 valence electrons. The number of nitrogens with one attached hydrogen (secondary N) is 1. The highest BCUT2D eigenvalue weighted by Crippen LogP contribution is 2.14. The monoisotopic (exact) mass is 320 g/mol. The number of nitrogens with zero attached hydrogens (tertiary/aromatic N) is 1. The van der Waals surface area contributed by atoms with Gasteiger partial charge in [-0.25, -0.2) is 12.8 Å². The molecular weight excluding hydrogens is 307 g/mol. The lowest BCUT2D eigenvalue weighted by Crippen LogP contribution is -2.23. The van der Waals surface area contributed by atoms with Crippen molar-refractivity contribution in [3.05, 3.63) is 60.4 Å². The number of sulfone groups is 1. The Bertz CT molecular complexity index is 800. The molecule has 5 nitrogen and oxygen atoms in total. The Morgan fingerprint density at radius 3 is 2.18 bits per heavy atom. The van der Waals surface area contributed by atoms with E-state index in [0.29, 0.717) is 5.69 Å². The van der Waals surface area contributed by atoms with Crippen molar-refractivity contribution in [1.29, 1.82) is 0 Å². The fourth-order valence-electron chi connectivity index (χ4n) is 1.68. The van der Waals surface area contributed by atoms with Crippen LogP contribution in [0.5, 0.6) is 0 Å². The van der Waals surface area contributed by atoms with Gasteiger partial charge in [0.1, 0.15) is 5.82 Å². The normalized spacial score (nSPS) is 12.0. The number of ketones is 1. The number of hydrogen-bond donors (Lipinski definition) is 1. The summed E-state index contributed by atoms with van der Waals surface area (Å²) in [5.41, 5.74) is 2.81. The molecule has 0 aliphatic carbocycles. The molecule has 0 fully saturated rings. The molecule has 22 heavy (non-hydrogen) atoms. The van der Waals surface area contributed by atoms with E-state index in [1.165, 1.54) is 36.4 Å². The molecule has 0 amide bonds. The lowest BCUT2D eigenvalue weighted by atomic mass is 10.3. The maximum Gasteiger partial charge on any atom is 0.229 e. The average Bonchev–Trinajstić information content (AvgIpc) is 2.50. The van der Waals surface area contributed by atoms with Crippen LogP contribution in [0.1, 0.15) is 6.92 Å². The molecule has 0 unspecified atom stereocenters. The third kappa shape index (κ3) is 3.56. The van der Waals surface area contributed by atoms with E-state index in [4.69, 9.17) is 0 Å². The third-order valence-electron chi connectivity index (χ3n) is 2.74. The number of rotatable bonds is 4. The van der Waals surface area contributed by atoms with Crippen molar-refractivity contribution in [2.45, 2.75) is 11.8 Å². The Morgan fingerprint density at radius 1 is 1.05 bits per heavy atom. The zero-order chi connectivity index (χ0) is 16.2. The number of anilines is 1. The van der Waals surface area contributed by atoms with Crippen molar-refractivity contribution >= 4 is 26.4 Å². The summed E-state index contributed by atoms with van der Waals surface area (Å²) in [6.07, 6.45) is 0. The highest BCUT2D eigenvalue weighted by molar-refractivity contribution is 8.08. The van der Waals surface area contributed by atoms with E-state index < -0.39 is 26.5 Å².